The summed E-state index contributed by atoms with van der Waals surface area (Å²) in [5, 5.41) is 36.6. The quantitative estimate of drug-likeness (QED) is 0.600. The number of benzene rings is 1. The lowest BCUT2D eigenvalue weighted by Gasteiger charge is -2.24. The lowest BCUT2D eigenvalue weighted by atomic mass is 9.94. The number of alkyl halides is 9. The summed E-state index contributed by atoms with van der Waals surface area (Å²) < 4.78 is 113. The van der Waals surface area contributed by atoms with Crippen LogP contribution in [0.5, 0.6) is 5.75 Å². The van der Waals surface area contributed by atoms with Crippen molar-refractivity contribution in [3.63, 3.8) is 0 Å². The third kappa shape index (κ3) is 4.67. The number of phenols is 1. The molecule has 0 aliphatic heterocycles. The summed E-state index contributed by atoms with van der Waals surface area (Å²) in [5.74, 6) is -1.91. The fraction of sp³-hybridized carbons (Fsp3) is 0.500. The molecule has 0 saturated heterocycles. The average molecular weight is 388 g/mol. The van der Waals surface area contributed by atoms with Crippen molar-refractivity contribution in [2.75, 3.05) is 0 Å². The van der Waals surface area contributed by atoms with Crippen molar-refractivity contribution in [2.45, 2.75) is 36.8 Å². The van der Waals surface area contributed by atoms with Gasteiger partial charge in [0.15, 0.2) is 18.3 Å². The fourth-order valence-corrected chi connectivity index (χ4v) is 1.82. The van der Waals surface area contributed by atoms with Crippen LogP contribution in [-0.4, -0.2) is 39.0 Å². The number of rotatable bonds is 3. The lowest BCUT2D eigenvalue weighted by molar-refractivity contribution is -0.211. The van der Waals surface area contributed by atoms with E-state index in [9.17, 15) is 44.6 Å². The first-order valence-corrected chi connectivity index (χ1v) is 6.09. The monoisotopic (exact) mass is 388 g/mol. The van der Waals surface area contributed by atoms with Crippen LogP contribution in [0.25, 0.3) is 0 Å². The SMILES string of the molecule is Oc1c(C(O)C(F)(F)F)cc(C(O)C(F)(F)F)cc1C(O)C(F)(F)F. The van der Waals surface area contributed by atoms with Gasteiger partial charge in [0.25, 0.3) is 0 Å². The van der Waals surface area contributed by atoms with Crippen molar-refractivity contribution in [2.24, 2.45) is 0 Å². The highest BCUT2D eigenvalue weighted by atomic mass is 19.4. The van der Waals surface area contributed by atoms with Gasteiger partial charge in [0.05, 0.1) is 0 Å². The number of aromatic hydroxyl groups is 1. The number of hydrogen-bond donors (Lipinski definition) is 4. The van der Waals surface area contributed by atoms with Crippen molar-refractivity contribution in [1.82, 2.24) is 0 Å². The molecule has 3 unspecified atom stereocenters. The molecule has 0 radical (unpaired) electrons. The molecule has 144 valence electrons. The zero-order valence-electron chi connectivity index (χ0n) is 11.6. The lowest BCUT2D eigenvalue weighted by Crippen LogP contribution is -2.25. The van der Waals surface area contributed by atoms with Crippen molar-refractivity contribution < 1.29 is 59.9 Å². The summed E-state index contributed by atoms with van der Waals surface area (Å²) in [6.07, 6.45) is -27.4. The molecule has 13 heteroatoms. The molecule has 1 aromatic rings. The van der Waals surface area contributed by atoms with Gasteiger partial charge in [0, 0.05) is 11.1 Å². The highest BCUT2D eigenvalue weighted by Gasteiger charge is 2.47. The number of aliphatic hydroxyl groups is 3. The molecule has 0 aromatic heterocycles. The first-order valence-electron chi connectivity index (χ1n) is 6.09. The van der Waals surface area contributed by atoms with E-state index < -0.39 is 59.3 Å². The van der Waals surface area contributed by atoms with Crippen LogP contribution >= 0.6 is 0 Å². The Morgan fingerprint density at radius 3 is 1.12 bits per heavy atom. The fourth-order valence-electron chi connectivity index (χ4n) is 1.82. The molecule has 0 spiro atoms. The van der Waals surface area contributed by atoms with Crippen molar-refractivity contribution in [1.29, 1.82) is 0 Å². The van der Waals surface area contributed by atoms with Crippen LogP contribution in [0.2, 0.25) is 0 Å². The third-order valence-electron chi connectivity index (χ3n) is 3.03. The van der Waals surface area contributed by atoms with Gasteiger partial charge in [-0.1, -0.05) is 0 Å². The van der Waals surface area contributed by atoms with E-state index in [2.05, 4.69) is 0 Å². The highest BCUT2D eigenvalue weighted by molar-refractivity contribution is 5.47. The maximum absolute atomic E-state index is 12.5. The van der Waals surface area contributed by atoms with Crippen LogP contribution in [0.4, 0.5) is 39.5 Å². The first-order chi connectivity index (χ1) is 11.0. The Morgan fingerprint density at radius 1 is 0.600 bits per heavy atom. The summed E-state index contributed by atoms with van der Waals surface area (Å²) in [5.41, 5.74) is -5.11. The summed E-state index contributed by atoms with van der Waals surface area (Å²) in [6, 6.07) is -0.309. The molecule has 1 aromatic carbocycles. The van der Waals surface area contributed by atoms with Crippen LogP contribution in [0, 0.1) is 0 Å². The Labute approximate surface area is 132 Å². The number of halogens is 9. The van der Waals surface area contributed by atoms with Gasteiger partial charge in [-0.05, 0) is 17.7 Å². The molecule has 0 heterocycles. The van der Waals surface area contributed by atoms with Gasteiger partial charge in [0.1, 0.15) is 5.75 Å². The van der Waals surface area contributed by atoms with Gasteiger partial charge in [0.2, 0.25) is 0 Å². The molecule has 4 nitrogen and oxygen atoms in total. The summed E-state index contributed by atoms with van der Waals surface area (Å²) in [4.78, 5) is 0. The van der Waals surface area contributed by atoms with E-state index >= 15 is 0 Å². The van der Waals surface area contributed by atoms with Crippen LogP contribution in [0.1, 0.15) is 35.0 Å². The normalized spacial score (nSPS) is 17.3. The first kappa shape index (κ1) is 21.3. The molecule has 0 amide bonds. The number of aliphatic hydroxyl groups excluding tert-OH is 3. The Bertz CT molecular complexity index is 579. The van der Waals surface area contributed by atoms with Crippen molar-refractivity contribution in [3.8, 4) is 5.75 Å². The molecule has 0 aliphatic rings. The van der Waals surface area contributed by atoms with E-state index in [1.54, 1.807) is 0 Å². The van der Waals surface area contributed by atoms with E-state index in [0.29, 0.717) is 0 Å². The molecule has 0 saturated carbocycles. The Hall–Kier alpha value is -1.73. The van der Waals surface area contributed by atoms with Crippen molar-refractivity contribution in [3.05, 3.63) is 28.8 Å². The van der Waals surface area contributed by atoms with E-state index in [1.165, 1.54) is 0 Å². The molecule has 1 rings (SSSR count). The van der Waals surface area contributed by atoms with Crippen LogP contribution in [0.15, 0.2) is 12.1 Å². The molecule has 0 fully saturated rings. The predicted octanol–water partition coefficient (Wildman–Crippen LogP) is 3.18. The van der Waals surface area contributed by atoms with Gasteiger partial charge >= 0.3 is 18.5 Å². The molecule has 4 N–H and O–H groups in total. The maximum Gasteiger partial charge on any atom is 0.418 e. The smallest absolute Gasteiger partial charge is 0.418 e. The van der Waals surface area contributed by atoms with Gasteiger partial charge in [-0.3, -0.25) is 0 Å². The largest absolute Gasteiger partial charge is 0.507 e. The zero-order chi connectivity index (χ0) is 20.0. The summed E-state index contributed by atoms with van der Waals surface area (Å²) >= 11 is 0. The van der Waals surface area contributed by atoms with E-state index in [1.807, 2.05) is 0 Å². The molecule has 0 aliphatic carbocycles. The minimum Gasteiger partial charge on any atom is -0.507 e. The van der Waals surface area contributed by atoms with Gasteiger partial charge in [-0.15, -0.1) is 0 Å². The number of hydrogen-bond acceptors (Lipinski definition) is 4. The molecular formula is C12H9F9O4. The van der Waals surface area contributed by atoms with Gasteiger partial charge in [-0.25, -0.2) is 0 Å². The second-order valence-corrected chi connectivity index (χ2v) is 4.88. The van der Waals surface area contributed by atoms with E-state index in [4.69, 9.17) is 15.3 Å². The van der Waals surface area contributed by atoms with E-state index in [0.717, 1.165) is 0 Å². The maximum atomic E-state index is 12.5. The Morgan fingerprint density at radius 2 is 0.880 bits per heavy atom. The van der Waals surface area contributed by atoms with E-state index in [-0.39, 0.29) is 12.1 Å². The minimum atomic E-state index is -5.56. The number of phenolic OH excluding ortho intramolecular Hbond substituents is 1. The summed E-state index contributed by atoms with van der Waals surface area (Å²) in [7, 11) is 0. The van der Waals surface area contributed by atoms with Crippen molar-refractivity contribution >= 4 is 0 Å². The second kappa shape index (κ2) is 6.53. The Kier molecular flexibility index (Phi) is 5.57. The van der Waals surface area contributed by atoms with Crippen LogP contribution < -0.4 is 0 Å². The highest BCUT2D eigenvalue weighted by Crippen LogP contribution is 2.45. The predicted molar refractivity (Wildman–Crippen MR) is 61.2 cm³/mol. The van der Waals surface area contributed by atoms with Crippen LogP contribution in [0.3, 0.4) is 0 Å². The summed E-state index contributed by atoms with van der Waals surface area (Å²) in [6.45, 7) is 0. The third-order valence-corrected chi connectivity index (χ3v) is 3.03. The molecule has 0 bridgehead atoms. The van der Waals surface area contributed by atoms with Gasteiger partial charge < -0.3 is 20.4 Å². The minimum absolute atomic E-state index is 0.155. The zero-order valence-corrected chi connectivity index (χ0v) is 11.6. The standard InChI is InChI=1S/C12H9F9O4/c13-10(14,15)7(23)3-1-4(8(24)11(16,17)18)6(22)5(2-3)9(25)12(19,20)21/h1-2,7-9,22-25H. The topological polar surface area (TPSA) is 80.9 Å². The molecule has 25 heavy (non-hydrogen) atoms. The second-order valence-electron chi connectivity index (χ2n) is 4.88. The van der Waals surface area contributed by atoms with Crippen LogP contribution in [-0.2, 0) is 0 Å². The van der Waals surface area contributed by atoms with Gasteiger partial charge in [-0.2, -0.15) is 39.5 Å². The molecule has 3 atom stereocenters. The average Bonchev–Trinajstić information content (AvgIpc) is 2.42. The Balaban J connectivity index is 3.68. The molecular weight excluding hydrogens is 379 g/mol.